The summed E-state index contributed by atoms with van der Waals surface area (Å²) < 4.78 is 16.2. The summed E-state index contributed by atoms with van der Waals surface area (Å²) in [6.07, 6.45) is 2.55. The minimum atomic E-state index is 0.420. The van der Waals surface area contributed by atoms with E-state index in [2.05, 4.69) is 4.98 Å². The van der Waals surface area contributed by atoms with Gasteiger partial charge in [-0.05, 0) is 36.7 Å². The molecular formula is C16H20N2O3. The quantitative estimate of drug-likeness (QED) is 0.846. The number of nitrogens with zero attached hydrogens (tertiary/aromatic N) is 1. The lowest BCUT2D eigenvalue weighted by atomic mass is 10.1. The third kappa shape index (κ3) is 4.10. The molecule has 1 heterocycles. The fraction of sp³-hybridized carbons (Fsp3) is 0.312. The largest absolute Gasteiger partial charge is 0.493 e. The van der Waals surface area contributed by atoms with Crippen molar-refractivity contribution in [2.75, 3.05) is 20.8 Å². The SMILES string of the molecule is COc1ccc(COc2ccc(CCN)cc2OC)cn1. The lowest BCUT2D eigenvalue weighted by Gasteiger charge is -2.12. The summed E-state index contributed by atoms with van der Waals surface area (Å²) in [6.45, 7) is 1.03. The van der Waals surface area contributed by atoms with Crippen molar-refractivity contribution in [1.29, 1.82) is 0 Å². The van der Waals surface area contributed by atoms with E-state index < -0.39 is 0 Å². The molecular weight excluding hydrogens is 268 g/mol. The highest BCUT2D eigenvalue weighted by Crippen LogP contribution is 2.29. The van der Waals surface area contributed by atoms with E-state index in [1.807, 2.05) is 24.3 Å². The Morgan fingerprint density at radius 2 is 1.81 bits per heavy atom. The molecule has 2 aromatic rings. The van der Waals surface area contributed by atoms with E-state index in [1.165, 1.54) is 0 Å². The van der Waals surface area contributed by atoms with Crippen molar-refractivity contribution in [1.82, 2.24) is 4.98 Å². The molecule has 1 aromatic heterocycles. The van der Waals surface area contributed by atoms with E-state index >= 15 is 0 Å². The first kappa shape index (κ1) is 15.1. The highest BCUT2D eigenvalue weighted by Gasteiger charge is 2.06. The molecule has 0 aliphatic carbocycles. The molecule has 0 unspecified atom stereocenters. The van der Waals surface area contributed by atoms with Gasteiger partial charge in [-0.1, -0.05) is 6.07 Å². The Balaban J connectivity index is 2.04. The van der Waals surface area contributed by atoms with Gasteiger partial charge in [-0.3, -0.25) is 0 Å². The van der Waals surface area contributed by atoms with Crippen LogP contribution in [0.3, 0.4) is 0 Å². The molecule has 0 saturated heterocycles. The maximum absolute atomic E-state index is 5.78. The van der Waals surface area contributed by atoms with Gasteiger partial charge in [0.05, 0.1) is 14.2 Å². The normalized spacial score (nSPS) is 10.2. The Morgan fingerprint density at radius 3 is 2.43 bits per heavy atom. The molecule has 1 aromatic carbocycles. The van der Waals surface area contributed by atoms with Gasteiger partial charge in [0.1, 0.15) is 6.61 Å². The zero-order valence-corrected chi connectivity index (χ0v) is 12.3. The first-order valence-electron chi connectivity index (χ1n) is 6.75. The second kappa shape index (κ2) is 7.50. The smallest absolute Gasteiger partial charge is 0.212 e. The topological polar surface area (TPSA) is 66.6 Å². The number of ether oxygens (including phenoxy) is 3. The number of hydrogen-bond donors (Lipinski definition) is 1. The summed E-state index contributed by atoms with van der Waals surface area (Å²) in [5.74, 6) is 2.00. The third-order valence-corrected chi connectivity index (χ3v) is 3.06. The van der Waals surface area contributed by atoms with Gasteiger partial charge in [-0.2, -0.15) is 0 Å². The van der Waals surface area contributed by atoms with Gasteiger partial charge in [0.15, 0.2) is 11.5 Å². The molecule has 2 N–H and O–H groups in total. The lowest BCUT2D eigenvalue weighted by molar-refractivity contribution is 0.283. The summed E-state index contributed by atoms with van der Waals surface area (Å²) >= 11 is 0. The Morgan fingerprint density at radius 1 is 1.00 bits per heavy atom. The minimum absolute atomic E-state index is 0.420. The number of methoxy groups -OCH3 is 2. The molecule has 0 fully saturated rings. The first-order valence-corrected chi connectivity index (χ1v) is 6.75. The van der Waals surface area contributed by atoms with Crippen molar-refractivity contribution in [3.63, 3.8) is 0 Å². The van der Waals surface area contributed by atoms with Crippen LogP contribution in [0.4, 0.5) is 0 Å². The number of rotatable bonds is 7. The predicted molar refractivity (Wildman–Crippen MR) is 80.9 cm³/mol. The number of benzene rings is 1. The molecule has 0 saturated carbocycles. The van der Waals surface area contributed by atoms with Gasteiger partial charge in [0.2, 0.25) is 5.88 Å². The van der Waals surface area contributed by atoms with E-state index in [1.54, 1.807) is 26.5 Å². The number of pyridine rings is 1. The summed E-state index contributed by atoms with van der Waals surface area (Å²) in [6, 6.07) is 9.58. The van der Waals surface area contributed by atoms with Crippen LogP contribution in [-0.4, -0.2) is 25.7 Å². The molecule has 0 aliphatic heterocycles. The van der Waals surface area contributed by atoms with Crippen molar-refractivity contribution < 1.29 is 14.2 Å². The second-order valence-electron chi connectivity index (χ2n) is 4.52. The third-order valence-electron chi connectivity index (χ3n) is 3.06. The van der Waals surface area contributed by atoms with Crippen molar-refractivity contribution in [2.45, 2.75) is 13.0 Å². The monoisotopic (exact) mass is 288 g/mol. The van der Waals surface area contributed by atoms with Gasteiger partial charge >= 0.3 is 0 Å². The lowest BCUT2D eigenvalue weighted by Crippen LogP contribution is -2.03. The second-order valence-corrected chi connectivity index (χ2v) is 4.52. The maximum Gasteiger partial charge on any atom is 0.212 e. The molecule has 0 bridgehead atoms. The molecule has 112 valence electrons. The van der Waals surface area contributed by atoms with Gasteiger partial charge in [-0.25, -0.2) is 4.98 Å². The van der Waals surface area contributed by atoms with E-state index in [-0.39, 0.29) is 0 Å². The molecule has 0 aliphatic rings. The zero-order chi connectivity index (χ0) is 15.1. The van der Waals surface area contributed by atoms with Crippen molar-refractivity contribution in [3.8, 4) is 17.4 Å². The van der Waals surface area contributed by atoms with Crippen molar-refractivity contribution >= 4 is 0 Å². The average Bonchev–Trinajstić information content (AvgIpc) is 2.54. The van der Waals surface area contributed by atoms with Crippen molar-refractivity contribution in [2.24, 2.45) is 5.73 Å². The standard InChI is InChI=1S/C16H20N2O3/c1-19-15-9-12(7-8-17)3-5-14(15)21-11-13-4-6-16(20-2)18-10-13/h3-6,9-10H,7-8,11,17H2,1-2H3. The van der Waals surface area contributed by atoms with Crippen LogP contribution in [0.5, 0.6) is 17.4 Å². The van der Waals surface area contributed by atoms with Crippen molar-refractivity contribution in [3.05, 3.63) is 47.7 Å². The minimum Gasteiger partial charge on any atom is -0.493 e. The van der Waals surface area contributed by atoms with Gasteiger partial charge in [0, 0.05) is 17.8 Å². The van der Waals surface area contributed by atoms with Gasteiger partial charge in [-0.15, -0.1) is 0 Å². The van der Waals surface area contributed by atoms with Crippen LogP contribution in [0.2, 0.25) is 0 Å². The Labute approximate surface area is 124 Å². The Bertz CT molecular complexity index is 570. The van der Waals surface area contributed by atoms with Crippen LogP contribution in [-0.2, 0) is 13.0 Å². The Kier molecular flexibility index (Phi) is 5.40. The van der Waals surface area contributed by atoms with E-state index in [4.69, 9.17) is 19.9 Å². The molecule has 21 heavy (non-hydrogen) atoms. The first-order chi connectivity index (χ1) is 10.3. The maximum atomic E-state index is 5.78. The zero-order valence-electron chi connectivity index (χ0n) is 12.3. The highest BCUT2D eigenvalue weighted by molar-refractivity contribution is 5.43. The molecule has 0 spiro atoms. The van der Waals surface area contributed by atoms with Crippen LogP contribution >= 0.6 is 0 Å². The molecule has 5 nitrogen and oxygen atoms in total. The van der Waals surface area contributed by atoms with Gasteiger partial charge < -0.3 is 19.9 Å². The molecule has 0 radical (unpaired) electrons. The average molecular weight is 288 g/mol. The molecule has 2 rings (SSSR count). The fourth-order valence-electron chi connectivity index (χ4n) is 1.93. The van der Waals surface area contributed by atoms with E-state index in [0.717, 1.165) is 17.5 Å². The van der Waals surface area contributed by atoms with Crippen LogP contribution in [0.1, 0.15) is 11.1 Å². The Hall–Kier alpha value is -2.27. The molecule has 5 heteroatoms. The number of aromatic nitrogens is 1. The summed E-state index contributed by atoms with van der Waals surface area (Å²) in [7, 11) is 3.22. The van der Waals surface area contributed by atoms with Crippen LogP contribution < -0.4 is 19.9 Å². The summed E-state index contributed by atoms with van der Waals surface area (Å²) in [5, 5.41) is 0. The van der Waals surface area contributed by atoms with Crippen LogP contribution in [0.15, 0.2) is 36.5 Å². The van der Waals surface area contributed by atoms with Crippen LogP contribution in [0.25, 0.3) is 0 Å². The molecule has 0 atom stereocenters. The molecule has 0 amide bonds. The predicted octanol–water partition coefficient (Wildman–Crippen LogP) is 2.18. The van der Waals surface area contributed by atoms with E-state index in [0.29, 0.717) is 30.5 Å². The summed E-state index contributed by atoms with van der Waals surface area (Å²) in [5.41, 5.74) is 7.65. The van der Waals surface area contributed by atoms with Gasteiger partial charge in [0.25, 0.3) is 0 Å². The number of hydrogen-bond acceptors (Lipinski definition) is 5. The van der Waals surface area contributed by atoms with Crippen LogP contribution in [0, 0.1) is 0 Å². The highest BCUT2D eigenvalue weighted by atomic mass is 16.5. The summed E-state index contributed by atoms with van der Waals surface area (Å²) in [4.78, 5) is 4.14. The number of nitrogens with two attached hydrogens (primary N) is 1. The fourth-order valence-corrected chi connectivity index (χ4v) is 1.93. The van der Waals surface area contributed by atoms with E-state index in [9.17, 15) is 0 Å².